The minimum Gasteiger partial charge on any atom is -0.826 e. The average molecular weight is 339 g/mol. The van der Waals surface area contributed by atoms with Crippen molar-refractivity contribution < 1.29 is 34.6 Å². The highest BCUT2D eigenvalue weighted by Gasteiger charge is 2.58. The average Bonchev–Trinajstić information content (AvgIpc) is 2.88. The molecule has 0 amide bonds. The Morgan fingerprint density at radius 1 is 1.17 bits per heavy atom. The van der Waals surface area contributed by atoms with Crippen molar-refractivity contribution in [3.63, 3.8) is 0 Å². The van der Waals surface area contributed by atoms with Crippen LogP contribution in [0.4, 0.5) is 0 Å². The van der Waals surface area contributed by atoms with Gasteiger partial charge in [0.2, 0.25) is 0 Å². The van der Waals surface area contributed by atoms with Crippen LogP contribution in [0, 0.1) is 0 Å². The van der Waals surface area contributed by atoms with Crippen LogP contribution in [0.3, 0.4) is 0 Å². The smallest absolute Gasteiger partial charge is 0.163 e. The zero-order valence-corrected chi connectivity index (χ0v) is 13.7. The standard InChI is InChI=1S/C17H23O7/c1-16(2)22-14-12(20)13(11(19)9-18)23-17(21,15(14)24-16)8-10-6-4-3-5-7-10/h3-7,11-15,18-20H,8-9H2,1-2H3/q-1/t11?,12-,13-,14+,15+,17-/m1/s1. The van der Waals surface area contributed by atoms with Crippen LogP contribution in [0.2, 0.25) is 0 Å². The van der Waals surface area contributed by atoms with Gasteiger partial charge in [-0.3, -0.25) is 0 Å². The first kappa shape index (κ1) is 17.8. The molecule has 2 heterocycles. The molecule has 0 saturated carbocycles. The van der Waals surface area contributed by atoms with Gasteiger partial charge in [0.25, 0.3) is 0 Å². The van der Waals surface area contributed by atoms with Crippen LogP contribution >= 0.6 is 0 Å². The maximum absolute atomic E-state index is 13.4. The van der Waals surface area contributed by atoms with E-state index in [1.165, 1.54) is 0 Å². The van der Waals surface area contributed by atoms with Crippen molar-refractivity contribution in [2.75, 3.05) is 6.61 Å². The Kier molecular flexibility index (Phi) is 4.69. The summed E-state index contributed by atoms with van der Waals surface area (Å²) in [6.07, 6.45) is -5.93. The summed E-state index contributed by atoms with van der Waals surface area (Å²) < 4.78 is 16.9. The fraction of sp³-hybridized carbons (Fsp3) is 0.647. The van der Waals surface area contributed by atoms with E-state index in [4.69, 9.17) is 14.2 Å². The Balaban J connectivity index is 1.93. The topological polar surface area (TPSA) is 111 Å². The molecule has 3 rings (SSSR count). The Morgan fingerprint density at radius 2 is 1.83 bits per heavy atom. The summed E-state index contributed by atoms with van der Waals surface area (Å²) in [5, 5.41) is 43.0. The lowest BCUT2D eigenvalue weighted by atomic mass is 9.87. The Labute approximate surface area is 140 Å². The molecule has 0 bridgehead atoms. The predicted molar refractivity (Wildman–Crippen MR) is 80.7 cm³/mol. The van der Waals surface area contributed by atoms with Gasteiger partial charge >= 0.3 is 0 Å². The Morgan fingerprint density at radius 3 is 2.46 bits per heavy atom. The van der Waals surface area contributed by atoms with Crippen LogP contribution in [-0.4, -0.2) is 64.0 Å². The summed E-state index contributed by atoms with van der Waals surface area (Å²) in [4.78, 5) is 0. The highest BCUT2D eigenvalue weighted by Crippen LogP contribution is 2.42. The van der Waals surface area contributed by atoms with E-state index in [0.717, 1.165) is 5.56 Å². The second-order valence-corrected chi connectivity index (χ2v) is 6.82. The van der Waals surface area contributed by atoms with Gasteiger partial charge in [-0.1, -0.05) is 30.3 Å². The van der Waals surface area contributed by atoms with Gasteiger partial charge in [0.15, 0.2) is 5.79 Å². The zero-order valence-electron chi connectivity index (χ0n) is 13.7. The van der Waals surface area contributed by atoms with Crippen LogP contribution < -0.4 is 5.11 Å². The molecule has 7 heteroatoms. The molecule has 0 aliphatic carbocycles. The molecule has 1 aromatic carbocycles. The SMILES string of the molecule is CC1(C)O[C@H]2[C@H](O)[C@@H](C(O)CO)O[C@]([O-])(Cc3ccccc3)[C@H]2O1. The summed E-state index contributed by atoms with van der Waals surface area (Å²) in [5.41, 5.74) is 0.744. The number of aliphatic hydroxyl groups excluding tert-OH is 3. The third-order valence-corrected chi connectivity index (χ3v) is 4.43. The molecule has 24 heavy (non-hydrogen) atoms. The van der Waals surface area contributed by atoms with Crippen LogP contribution in [-0.2, 0) is 20.6 Å². The molecule has 0 radical (unpaired) electrons. The number of hydrogen-bond donors (Lipinski definition) is 3. The van der Waals surface area contributed by atoms with E-state index >= 15 is 0 Å². The first-order valence-corrected chi connectivity index (χ1v) is 8.00. The molecule has 2 aliphatic heterocycles. The van der Waals surface area contributed by atoms with Gasteiger partial charge in [0.05, 0.1) is 6.61 Å². The van der Waals surface area contributed by atoms with E-state index in [-0.39, 0.29) is 6.42 Å². The molecule has 0 spiro atoms. The van der Waals surface area contributed by atoms with Crippen molar-refractivity contribution in [2.45, 2.75) is 62.4 Å². The van der Waals surface area contributed by atoms with E-state index in [1.807, 2.05) is 18.2 Å². The fourth-order valence-electron chi connectivity index (χ4n) is 3.37. The monoisotopic (exact) mass is 339 g/mol. The first-order chi connectivity index (χ1) is 11.3. The molecule has 2 saturated heterocycles. The second-order valence-electron chi connectivity index (χ2n) is 6.82. The summed E-state index contributed by atoms with van der Waals surface area (Å²) in [6.45, 7) is 2.67. The molecule has 3 N–H and O–H groups in total. The molecule has 2 fully saturated rings. The van der Waals surface area contributed by atoms with E-state index in [2.05, 4.69) is 0 Å². The summed E-state index contributed by atoms with van der Waals surface area (Å²) >= 11 is 0. The highest BCUT2D eigenvalue weighted by atomic mass is 16.8. The number of fused-ring (bicyclic) bond motifs is 1. The molecular formula is C17H23O7-. The summed E-state index contributed by atoms with van der Waals surface area (Å²) in [5.74, 6) is -3.11. The van der Waals surface area contributed by atoms with E-state index in [1.54, 1.807) is 26.0 Å². The normalized spacial score (nSPS) is 39.4. The Bertz CT molecular complexity index is 563. The fourth-order valence-corrected chi connectivity index (χ4v) is 3.37. The molecule has 0 aromatic heterocycles. The number of benzene rings is 1. The lowest BCUT2D eigenvalue weighted by Gasteiger charge is -2.54. The van der Waals surface area contributed by atoms with Crippen molar-refractivity contribution in [3.8, 4) is 0 Å². The Hall–Kier alpha value is -1.06. The van der Waals surface area contributed by atoms with Gasteiger partial charge in [-0.05, 0) is 25.8 Å². The van der Waals surface area contributed by atoms with Crippen molar-refractivity contribution in [3.05, 3.63) is 35.9 Å². The number of hydrogen-bond acceptors (Lipinski definition) is 7. The maximum Gasteiger partial charge on any atom is 0.163 e. The molecule has 1 aromatic rings. The van der Waals surface area contributed by atoms with E-state index < -0.39 is 48.7 Å². The largest absolute Gasteiger partial charge is 0.826 e. The van der Waals surface area contributed by atoms with E-state index in [9.17, 15) is 20.4 Å². The minimum atomic E-state index is -2.06. The highest BCUT2D eigenvalue weighted by molar-refractivity contribution is 5.18. The summed E-state index contributed by atoms with van der Waals surface area (Å²) in [7, 11) is 0. The maximum atomic E-state index is 13.4. The second kappa shape index (κ2) is 6.34. The van der Waals surface area contributed by atoms with Gasteiger partial charge in [0.1, 0.15) is 30.5 Å². The summed E-state index contributed by atoms with van der Waals surface area (Å²) in [6, 6.07) is 9.04. The number of ether oxygens (including phenoxy) is 3. The van der Waals surface area contributed by atoms with Crippen molar-refractivity contribution in [1.82, 2.24) is 0 Å². The van der Waals surface area contributed by atoms with Crippen LogP contribution in [0.15, 0.2) is 30.3 Å². The van der Waals surface area contributed by atoms with Gasteiger partial charge in [0, 0.05) is 5.79 Å². The molecule has 2 aliphatic rings. The molecule has 134 valence electrons. The lowest BCUT2D eigenvalue weighted by Crippen LogP contribution is -2.71. The number of aliphatic hydroxyl groups is 3. The van der Waals surface area contributed by atoms with Gasteiger partial charge < -0.3 is 34.6 Å². The molecule has 7 nitrogen and oxygen atoms in total. The van der Waals surface area contributed by atoms with Crippen LogP contribution in [0.1, 0.15) is 19.4 Å². The first-order valence-electron chi connectivity index (χ1n) is 8.00. The number of rotatable bonds is 4. The molecule has 1 unspecified atom stereocenters. The third-order valence-electron chi connectivity index (χ3n) is 4.43. The van der Waals surface area contributed by atoms with Crippen molar-refractivity contribution >= 4 is 0 Å². The van der Waals surface area contributed by atoms with E-state index in [0.29, 0.717) is 0 Å². The van der Waals surface area contributed by atoms with Crippen LogP contribution in [0.25, 0.3) is 0 Å². The third kappa shape index (κ3) is 3.21. The van der Waals surface area contributed by atoms with Crippen LogP contribution in [0.5, 0.6) is 0 Å². The quantitative estimate of drug-likeness (QED) is 0.640. The van der Waals surface area contributed by atoms with Crippen molar-refractivity contribution in [2.24, 2.45) is 0 Å². The lowest BCUT2D eigenvalue weighted by molar-refractivity contribution is -0.593. The predicted octanol–water partition coefficient (Wildman–Crippen LogP) is -1.08. The molecular weight excluding hydrogens is 316 g/mol. The van der Waals surface area contributed by atoms with Gasteiger partial charge in [-0.2, -0.15) is 0 Å². The minimum absolute atomic E-state index is 0.0180. The zero-order chi connectivity index (χ0) is 17.5. The van der Waals surface area contributed by atoms with Gasteiger partial charge in [-0.15, -0.1) is 0 Å². The van der Waals surface area contributed by atoms with Gasteiger partial charge in [-0.25, -0.2) is 0 Å². The molecule has 6 atom stereocenters. The van der Waals surface area contributed by atoms with Crippen molar-refractivity contribution in [1.29, 1.82) is 0 Å².